The van der Waals surface area contributed by atoms with Crippen LogP contribution in [0.15, 0.2) is 36.4 Å². The number of hydrogen-bond donors (Lipinski definition) is 1. The number of anilines is 1. The van der Waals surface area contributed by atoms with Crippen LogP contribution in [0.5, 0.6) is 0 Å². The number of halogens is 1. The number of nitrogens with zero attached hydrogens (tertiary/aromatic N) is 4. The third-order valence-corrected chi connectivity index (χ3v) is 5.64. The molecule has 0 spiro atoms. The summed E-state index contributed by atoms with van der Waals surface area (Å²) in [7, 11) is 0. The van der Waals surface area contributed by atoms with Gasteiger partial charge in [0, 0.05) is 31.6 Å². The molecule has 3 heterocycles. The zero-order chi connectivity index (χ0) is 20.1. The summed E-state index contributed by atoms with van der Waals surface area (Å²) >= 11 is 0. The van der Waals surface area contributed by atoms with Gasteiger partial charge in [-0.15, -0.1) is 0 Å². The molecule has 0 unspecified atom stereocenters. The molecule has 0 atom stereocenters. The van der Waals surface area contributed by atoms with E-state index in [4.69, 9.17) is 0 Å². The van der Waals surface area contributed by atoms with Crippen LogP contribution in [0.25, 0.3) is 10.9 Å². The third kappa shape index (κ3) is 2.96. The predicted molar refractivity (Wildman–Crippen MR) is 106 cm³/mol. The first kappa shape index (κ1) is 17.8. The van der Waals surface area contributed by atoms with Crippen LogP contribution >= 0.6 is 0 Å². The van der Waals surface area contributed by atoms with E-state index in [0.717, 1.165) is 16.8 Å². The lowest BCUT2D eigenvalue weighted by Crippen LogP contribution is -2.51. The normalized spacial score (nSPS) is 17.4. The summed E-state index contributed by atoms with van der Waals surface area (Å²) in [6, 6.07) is 9.96. The Bertz CT molecular complexity index is 1130. The maximum atomic E-state index is 13.4. The van der Waals surface area contributed by atoms with Crippen molar-refractivity contribution in [3.8, 4) is 0 Å². The number of aromatic amines is 1. The van der Waals surface area contributed by atoms with Gasteiger partial charge in [0.15, 0.2) is 5.82 Å². The lowest BCUT2D eigenvalue weighted by molar-refractivity contribution is 0.0535. The first-order chi connectivity index (χ1) is 14.0. The van der Waals surface area contributed by atoms with E-state index in [1.54, 1.807) is 18.2 Å². The quantitative estimate of drug-likeness (QED) is 0.692. The summed E-state index contributed by atoms with van der Waals surface area (Å²) in [6.07, 6.45) is 0. The van der Waals surface area contributed by atoms with Gasteiger partial charge in [-0.2, -0.15) is 5.10 Å². The first-order valence-corrected chi connectivity index (χ1v) is 9.59. The zero-order valence-electron chi connectivity index (χ0n) is 16.0. The second-order valence-electron chi connectivity index (χ2n) is 7.57. The second-order valence-corrected chi connectivity index (χ2v) is 7.57. The van der Waals surface area contributed by atoms with E-state index in [1.807, 2.05) is 13.0 Å². The van der Waals surface area contributed by atoms with Crippen LogP contribution in [0.3, 0.4) is 0 Å². The number of fused-ring (bicyclic) bond motifs is 2. The number of rotatable bonds is 3. The molecule has 2 aliphatic heterocycles. The first-order valence-electron chi connectivity index (χ1n) is 9.59. The van der Waals surface area contributed by atoms with Gasteiger partial charge in [0.25, 0.3) is 11.8 Å². The van der Waals surface area contributed by atoms with E-state index in [2.05, 4.69) is 20.0 Å². The van der Waals surface area contributed by atoms with E-state index in [0.29, 0.717) is 42.8 Å². The van der Waals surface area contributed by atoms with Crippen molar-refractivity contribution in [2.24, 2.45) is 0 Å². The van der Waals surface area contributed by atoms with Crippen molar-refractivity contribution in [1.29, 1.82) is 0 Å². The standard InChI is InChI=1S/C21H20FN5O2/c1-13-2-4-15-17(10-13)21(29)27(20(15)28)12-25-6-8-26(9-7-25)19-16-5-3-14(22)11-18(16)23-24-19/h2-5,10-11H,6-9,12H2,1H3,(H,23,24). The summed E-state index contributed by atoms with van der Waals surface area (Å²) in [5.74, 6) is 0.0497. The van der Waals surface area contributed by atoms with Gasteiger partial charge < -0.3 is 4.90 Å². The molecule has 2 aliphatic rings. The number of hydrogen-bond acceptors (Lipinski definition) is 5. The Morgan fingerprint density at radius 1 is 1.00 bits per heavy atom. The van der Waals surface area contributed by atoms with Crippen molar-refractivity contribution in [3.63, 3.8) is 0 Å². The molecule has 0 aliphatic carbocycles. The fourth-order valence-electron chi connectivity index (χ4n) is 4.05. The van der Waals surface area contributed by atoms with E-state index in [-0.39, 0.29) is 24.3 Å². The second kappa shape index (κ2) is 6.66. The Morgan fingerprint density at radius 2 is 1.76 bits per heavy atom. The van der Waals surface area contributed by atoms with Crippen LogP contribution < -0.4 is 4.90 Å². The smallest absolute Gasteiger partial charge is 0.262 e. The molecule has 1 aromatic heterocycles. The van der Waals surface area contributed by atoms with Crippen molar-refractivity contribution in [2.75, 3.05) is 37.7 Å². The van der Waals surface area contributed by atoms with Gasteiger partial charge in [-0.1, -0.05) is 11.6 Å². The molecular weight excluding hydrogens is 373 g/mol. The minimum atomic E-state index is -0.298. The van der Waals surface area contributed by atoms with Gasteiger partial charge in [0.2, 0.25) is 0 Å². The molecule has 1 fully saturated rings. The van der Waals surface area contributed by atoms with Crippen LogP contribution in [0.1, 0.15) is 26.3 Å². The molecule has 0 bridgehead atoms. The van der Waals surface area contributed by atoms with E-state index in [1.165, 1.54) is 17.0 Å². The number of carbonyl (C=O) groups is 2. The van der Waals surface area contributed by atoms with Crippen molar-refractivity contribution in [1.82, 2.24) is 20.0 Å². The molecule has 1 saturated heterocycles. The van der Waals surface area contributed by atoms with E-state index >= 15 is 0 Å². The summed E-state index contributed by atoms with van der Waals surface area (Å²) in [4.78, 5) is 30.9. The zero-order valence-corrected chi connectivity index (χ0v) is 16.0. The van der Waals surface area contributed by atoms with Gasteiger partial charge in [-0.25, -0.2) is 4.39 Å². The Balaban J connectivity index is 1.27. The molecule has 1 N–H and O–H groups in total. The lowest BCUT2D eigenvalue weighted by Gasteiger charge is -2.36. The Morgan fingerprint density at radius 3 is 2.55 bits per heavy atom. The van der Waals surface area contributed by atoms with Crippen LogP contribution in [0.4, 0.5) is 10.2 Å². The van der Waals surface area contributed by atoms with Crippen LogP contribution in [0, 0.1) is 12.7 Å². The molecular formula is C21H20FN5O2. The molecule has 148 valence electrons. The van der Waals surface area contributed by atoms with E-state index in [9.17, 15) is 14.0 Å². The van der Waals surface area contributed by atoms with Crippen molar-refractivity contribution < 1.29 is 14.0 Å². The highest BCUT2D eigenvalue weighted by atomic mass is 19.1. The fraction of sp³-hybridized carbons (Fsp3) is 0.286. The van der Waals surface area contributed by atoms with Crippen molar-refractivity contribution >= 4 is 28.5 Å². The van der Waals surface area contributed by atoms with Crippen molar-refractivity contribution in [3.05, 3.63) is 58.9 Å². The fourth-order valence-corrected chi connectivity index (χ4v) is 4.05. The number of carbonyl (C=O) groups excluding carboxylic acids is 2. The monoisotopic (exact) mass is 393 g/mol. The number of benzene rings is 2. The largest absolute Gasteiger partial charge is 0.352 e. The average molecular weight is 393 g/mol. The lowest BCUT2D eigenvalue weighted by atomic mass is 10.1. The highest BCUT2D eigenvalue weighted by molar-refractivity contribution is 6.21. The minimum Gasteiger partial charge on any atom is -0.352 e. The van der Waals surface area contributed by atoms with Gasteiger partial charge >= 0.3 is 0 Å². The maximum Gasteiger partial charge on any atom is 0.262 e. The topological polar surface area (TPSA) is 72.5 Å². The number of aromatic nitrogens is 2. The molecule has 29 heavy (non-hydrogen) atoms. The highest BCUT2D eigenvalue weighted by Gasteiger charge is 2.36. The summed E-state index contributed by atoms with van der Waals surface area (Å²) in [6.45, 7) is 5.00. The molecule has 2 amide bonds. The number of H-pyrrole nitrogens is 1. The number of nitrogens with one attached hydrogen (secondary N) is 1. The van der Waals surface area contributed by atoms with Crippen LogP contribution in [0.2, 0.25) is 0 Å². The Labute approximate surface area is 166 Å². The predicted octanol–water partition coefficient (Wildman–Crippen LogP) is 2.39. The minimum absolute atomic E-state index is 0.226. The van der Waals surface area contributed by atoms with Crippen LogP contribution in [-0.2, 0) is 0 Å². The van der Waals surface area contributed by atoms with Gasteiger partial charge in [0.05, 0.1) is 23.3 Å². The number of imide groups is 1. The van der Waals surface area contributed by atoms with Gasteiger partial charge in [-0.3, -0.25) is 24.5 Å². The van der Waals surface area contributed by atoms with Gasteiger partial charge in [0.1, 0.15) is 5.82 Å². The Kier molecular flexibility index (Phi) is 4.09. The Hall–Kier alpha value is -3.26. The average Bonchev–Trinajstić information content (AvgIpc) is 3.23. The van der Waals surface area contributed by atoms with Crippen LogP contribution in [-0.4, -0.2) is 64.7 Å². The third-order valence-electron chi connectivity index (χ3n) is 5.64. The molecule has 0 radical (unpaired) electrons. The maximum absolute atomic E-state index is 13.4. The molecule has 0 saturated carbocycles. The summed E-state index contributed by atoms with van der Waals surface area (Å²) in [5.41, 5.74) is 2.61. The van der Waals surface area contributed by atoms with E-state index < -0.39 is 0 Å². The van der Waals surface area contributed by atoms with Crippen molar-refractivity contribution in [2.45, 2.75) is 6.92 Å². The number of aryl methyl sites for hydroxylation is 1. The SMILES string of the molecule is Cc1ccc2c(c1)C(=O)N(CN1CCN(c3n[nH]c4cc(F)ccc34)CC1)C2=O. The molecule has 5 rings (SSSR count). The molecule has 7 nitrogen and oxygen atoms in total. The highest BCUT2D eigenvalue weighted by Crippen LogP contribution is 2.27. The molecule has 3 aromatic rings. The number of amides is 2. The number of piperazine rings is 1. The molecule has 8 heteroatoms. The summed E-state index contributed by atoms with van der Waals surface area (Å²) in [5, 5.41) is 8.11. The molecule has 2 aromatic carbocycles. The summed E-state index contributed by atoms with van der Waals surface area (Å²) < 4.78 is 13.4. The van der Waals surface area contributed by atoms with Gasteiger partial charge in [-0.05, 0) is 37.3 Å².